The lowest BCUT2D eigenvalue weighted by Crippen LogP contribution is -2.30. The largest absolute Gasteiger partial charge is 0.352 e. The molecule has 0 bridgehead atoms. The number of anilines is 1. The predicted molar refractivity (Wildman–Crippen MR) is 136 cm³/mol. The van der Waals surface area contributed by atoms with Crippen LogP contribution in [0.2, 0.25) is 0 Å². The van der Waals surface area contributed by atoms with Crippen molar-refractivity contribution in [1.29, 1.82) is 0 Å². The third-order valence-corrected chi connectivity index (χ3v) is 5.79. The molecule has 4 rings (SSSR count). The number of carbonyl (C=O) groups is 2. The highest BCUT2D eigenvalue weighted by Gasteiger charge is 2.19. The Bertz CT molecular complexity index is 1340. The fraction of sp³-hybridized carbons (Fsp3) is 0.133. The molecule has 0 atom stereocenters. The van der Waals surface area contributed by atoms with E-state index in [1.165, 1.54) is 30.3 Å². The van der Waals surface area contributed by atoms with Crippen LogP contribution in [0.1, 0.15) is 32.6 Å². The Morgan fingerprint density at radius 1 is 0.750 bits per heavy atom. The van der Waals surface area contributed by atoms with Gasteiger partial charge in [-0.15, -0.1) is 0 Å². The van der Waals surface area contributed by atoms with Crippen molar-refractivity contribution in [1.82, 2.24) is 5.32 Å². The number of nitrogens with zero attached hydrogens (tertiary/aromatic N) is 1. The zero-order valence-electron chi connectivity index (χ0n) is 19.9. The lowest BCUT2D eigenvalue weighted by Gasteiger charge is -2.24. The topological polar surface area (TPSA) is 49.4 Å². The maximum absolute atomic E-state index is 13.8. The first kappa shape index (κ1) is 24.8. The van der Waals surface area contributed by atoms with Crippen molar-refractivity contribution in [3.05, 3.63) is 137 Å². The van der Waals surface area contributed by atoms with Crippen molar-refractivity contribution < 1.29 is 18.4 Å². The van der Waals surface area contributed by atoms with Crippen molar-refractivity contribution >= 4 is 17.5 Å². The molecule has 4 nitrogen and oxygen atoms in total. The molecule has 4 aromatic rings. The van der Waals surface area contributed by atoms with Gasteiger partial charge in [-0.1, -0.05) is 60.2 Å². The Morgan fingerprint density at radius 2 is 1.39 bits per heavy atom. The van der Waals surface area contributed by atoms with E-state index in [1.54, 1.807) is 47.4 Å². The van der Waals surface area contributed by atoms with E-state index in [-0.39, 0.29) is 29.6 Å². The van der Waals surface area contributed by atoms with Gasteiger partial charge in [0.15, 0.2) is 0 Å². The molecule has 0 fully saturated rings. The smallest absolute Gasteiger partial charge is 0.258 e. The average Bonchev–Trinajstić information content (AvgIpc) is 2.88. The maximum Gasteiger partial charge on any atom is 0.258 e. The molecule has 0 aliphatic rings. The zero-order chi connectivity index (χ0) is 25.5. The average molecular weight is 485 g/mol. The number of carbonyl (C=O) groups excluding carboxylic acids is 2. The normalized spacial score (nSPS) is 10.6. The highest BCUT2D eigenvalue weighted by atomic mass is 19.1. The third kappa shape index (κ3) is 6.63. The first-order valence-corrected chi connectivity index (χ1v) is 11.6. The molecular weight excluding hydrogens is 458 g/mol. The van der Waals surface area contributed by atoms with Crippen molar-refractivity contribution in [2.45, 2.75) is 26.4 Å². The molecule has 0 aromatic heterocycles. The van der Waals surface area contributed by atoms with E-state index in [0.717, 1.165) is 22.3 Å². The van der Waals surface area contributed by atoms with E-state index < -0.39 is 5.82 Å². The minimum absolute atomic E-state index is 0.164. The molecular formula is C30H26F2N2O2. The van der Waals surface area contributed by atoms with Gasteiger partial charge in [0, 0.05) is 17.8 Å². The predicted octanol–water partition coefficient (Wildman–Crippen LogP) is 5.98. The summed E-state index contributed by atoms with van der Waals surface area (Å²) in [7, 11) is 0. The van der Waals surface area contributed by atoms with Crippen LogP contribution in [-0.2, 0) is 24.3 Å². The summed E-state index contributed by atoms with van der Waals surface area (Å²) in [6.45, 7) is 2.62. The van der Waals surface area contributed by atoms with Gasteiger partial charge in [-0.25, -0.2) is 8.78 Å². The number of hydrogen-bond donors (Lipinski definition) is 1. The Kier molecular flexibility index (Phi) is 7.85. The molecule has 2 amide bonds. The fourth-order valence-corrected chi connectivity index (χ4v) is 3.78. The lowest BCUT2D eigenvalue weighted by molar-refractivity contribution is -0.120. The second-order valence-electron chi connectivity index (χ2n) is 8.63. The van der Waals surface area contributed by atoms with E-state index in [2.05, 4.69) is 5.32 Å². The Hall–Kier alpha value is -4.32. The molecule has 0 saturated heterocycles. The molecule has 0 unspecified atom stereocenters. The summed E-state index contributed by atoms with van der Waals surface area (Å²) < 4.78 is 26.8. The summed E-state index contributed by atoms with van der Waals surface area (Å²) in [6.07, 6.45) is 0.164. The standard InChI is InChI=1S/C30H26F2N2O2/c1-21-5-7-24(8-6-21)20-34(30(36)25-3-2-4-27(32)18-25)28-15-11-22(12-16-28)17-29(35)33-19-23-9-13-26(31)14-10-23/h2-16,18H,17,19-20H2,1H3,(H,33,35). The molecule has 0 aliphatic carbocycles. The van der Waals surface area contributed by atoms with Gasteiger partial charge in [-0.2, -0.15) is 0 Å². The van der Waals surface area contributed by atoms with E-state index in [0.29, 0.717) is 18.8 Å². The van der Waals surface area contributed by atoms with Gasteiger partial charge in [0.1, 0.15) is 11.6 Å². The first-order valence-electron chi connectivity index (χ1n) is 11.6. The molecule has 0 aliphatic heterocycles. The SMILES string of the molecule is Cc1ccc(CN(C(=O)c2cccc(F)c2)c2ccc(CC(=O)NCc3ccc(F)cc3)cc2)cc1. The molecule has 182 valence electrons. The van der Waals surface area contributed by atoms with Crippen molar-refractivity contribution in [3.63, 3.8) is 0 Å². The number of benzene rings is 4. The molecule has 0 radical (unpaired) electrons. The van der Waals surface area contributed by atoms with Crippen LogP contribution in [0, 0.1) is 18.6 Å². The van der Waals surface area contributed by atoms with Crippen LogP contribution in [0.5, 0.6) is 0 Å². The highest BCUT2D eigenvalue weighted by molar-refractivity contribution is 6.06. The second kappa shape index (κ2) is 11.4. The summed E-state index contributed by atoms with van der Waals surface area (Å²) in [5.41, 5.74) is 4.54. The summed E-state index contributed by atoms with van der Waals surface area (Å²) >= 11 is 0. The van der Waals surface area contributed by atoms with Gasteiger partial charge < -0.3 is 10.2 Å². The minimum Gasteiger partial charge on any atom is -0.352 e. The summed E-state index contributed by atoms with van der Waals surface area (Å²) in [5.74, 6) is -1.28. The van der Waals surface area contributed by atoms with E-state index in [4.69, 9.17) is 0 Å². The number of halogens is 2. The van der Waals surface area contributed by atoms with Crippen LogP contribution in [0.25, 0.3) is 0 Å². The number of amides is 2. The zero-order valence-corrected chi connectivity index (χ0v) is 19.9. The maximum atomic E-state index is 13.8. The van der Waals surface area contributed by atoms with Crippen LogP contribution < -0.4 is 10.2 Å². The van der Waals surface area contributed by atoms with Crippen molar-refractivity contribution in [2.75, 3.05) is 4.90 Å². The van der Waals surface area contributed by atoms with Gasteiger partial charge in [0.2, 0.25) is 5.91 Å². The Morgan fingerprint density at radius 3 is 2.06 bits per heavy atom. The summed E-state index contributed by atoms with van der Waals surface area (Å²) in [5, 5.41) is 2.83. The first-order chi connectivity index (χ1) is 17.4. The van der Waals surface area contributed by atoms with Gasteiger partial charge >= 0.3 is 0 Å². The second-order valence-corrected chi connectivity index (χ2v) is 8.63. The van der Waals surface area contributed by atoms with E-state index in [9.17, 15) is 18.4 Å². The summed E-state index contributed by atoms with van der Waals surface area (Å²) in [6, 6.07) is 26.6. The van der Waals surface area contributed by atoms with Gasteiger partial charge in [-0.3, -0.25) is 9.59 Å². The van der Waals surface area contributed by atoms with Crippen LogP contribution in [0.15, 0.2) is 97.1 Å². The highest BCUT2D eigenvalue weighted by Crippen LogP contribution is 2.22. The third-order valence-electron chi connectivity index (χ3n) is 5.79. The van der Waals surface area contributed by atoms with E-state index >= 15 is 0 Å². The number of aryl methyl sites for hydroxylation is 1. The molecule has 6 heteroatoms. The van der Waals surface area contributed by atoms with Gasteiger partial charge in [0.05, 0.1) is 13.0 Å². The van der Waals surface area contributed by atoms with Crippen LogP contribution >= 0.6 is 0 Å². The molecule has 0 spiro atoms. The molecule has 36 heavy (non-hydrogen) atoms. The molecule has 0 heterocycles. The quantitative estimate of drug-likeness (QED) is 0.335. The van der Waals surface area contributed by atoms with Crippen molar-refractivity contribution in [3.8, 4) is 0 Å². The fourth-order valence-electron chi connectivity index (χ4n) is 3.78. The summed E-state index contributed by atoms with van der Waals surface area (Å²) in [4.78, 5) is 27.3. The Balaban J connectivity index is 1.48. The lowest BCUT2D eigenvalue weighted by atomic mass is 10.1. The van der Waals surface area contributed by atoms with Crippen LogP contribution in [0.4, 0.5) is 14.5 Å². The van der Waals surface area contributed by atoms with Gasteiger partial charge in [0.25, 0.3) is 5.91 Å². The van der Waals surface area contributed by atoms with Gasteiger partial charge in [-0.05, 0) is 66.1 Å². The number of rotatable bonds is 8. The Labute approximate surface area is 209 Å². The molecule has 1 N–H and O–H groups in total. The van der Waals surface area contributed by atoms with Crippen LogP contribution in [0.3, 0.4) is 0 Å². The molecule has 4 aromatic carbocycles. The van der Waals surface area contributed by atoms with E-state index in [1.807, 2.05) is 31.2 Å². The number of nitrogens with one attached hydrogen (secondary N) is 1. The number of hydrogen-bond acceptors (Lipinski definition) is 2. The van der Waals surface area contributed by atoms with Crippen LogP contribution in [-0.4, -0.2) is 11.8 Å². The molecule has 0 saturated carbocycles. The van der Waals surface area contributed by atoms with Crippen molar-refractivity contribution in [2.24, 2.45) is 0 Å². The monoisotopic (exact) mass is 484 g/mol. The minimum atomic E-state index is -0.474.